The van der Waals surface area contributed by atoms with Gasteiger partial charge in [0.1, 0.15) is 4.90 Å². The first-order chi connectivity index (χ1) is 9.98. The molecule has 1 aromatic rings. The zero-order chi connectivity index (χ0) is 15.5. The third-order valence-corrected chi connectivity index (χ3v) is 4.95. The summed E-state index contributed by atoms with van der Waals surface area (Å²) in [6, 6.07) is 4.23. The van der Waals surface area contributed by atoms with Gasteiger partial charge in [-0.25, -0.2) is 12.7 Å². The fourth-order valence-corrected chi connectivity index (χ4v) is 3.67. The van der Waals surface area contributed by atoms with Crippen molar-refractivity contribution in [3.05, 3.63) is 23.8 Å². The lowest BCUT2D eigenvalue weighted by molar-refractivity contribution is 0.0659. The molecule has 1 aliphatic rings. The van der Waals surface area contributed by atoms with Gasteiger partial charge >= 0.3 is 0 Å². The number of ether oxygens (including phenoxy) is 2. The number of nitrogen functional groups attached to an aromatic ring is 1. The van der Waals surface area contributed by atoms with Crippen molar-refractivity contribution in [2.75, 3.05) is 39.2 Å². The Morgan fingerprint density at radius 1 is 1.24 bits per heavy atom. The third-order valence-electron chi connectivity index (χ3n) is 3.11. The smallest absolute Gasteiger partial charge is 0.269 e. The van der Waals surface area contributed by atoms with Crippen molar-refractivity contribution >= 4 is 21.6 Å². The topological polar surface area (TPSA) is 98.9 Å². The molecule has 0 unspecified atom stereocenters. The van der Waals surface area contributed by atoms with Crippen LogP contribution in [0.2, 0.25) is 0 Å². The molecule has 21 heavy (non-hydrogen) atoms. The highest BCUT2D eigenvalue weighted by Crippen LogP contribution is 2.31. The third kappa shape index (κ3) is 3.17. The molecule has 2 N–H and O–H groups in total. The van der Waals surface area contributed by atoms with E-state index in [1.807, 2.05) is 0 Å². The van der Waals surface area contributed by atoms with Gasteiger partial charge in [-0.1, -0.05) is 0 Å². The summed E-state index contributed by atoms with van der Waals surface area (Å²) in [5.41, 5.74) is 6.10. The molecule has 0 fully saturated rings. The first kappa shape index (κ1) is 15.7. The van der Waals surface area contributed by atoms with E-state index in [2.05, 4.69) is 0 Å². The van der Waals surface area contributed by atoms with E-state index in [4.69, 9.17) is 15.2 Å². The van der Waals surface area contributed by atoms with Crippen molar-refractivity contribution < 1.29 is 22.7 Å². The molecule has 1 amide bonds. The standard InChI is InChI=1S/C13H18N2O5S/c1-19-7-8-20-6-2-5-15-13(16)11-9-10(14)3-4-12(11)21(15,17)18/h3-4,9H,2,5-8,14H2,1H3. The monoisotopic (exact) mass is 314 g/mol. The van der Waals surface area contributed by atoms with Gasteiger partial charge in [0.2, 0.25) is 0 Å². The second-order valence-corrected chi connectivity index (χ2v) is 6.43. The molecule has 1 aromatic carbocycles. The number of sulfonamides is 1. The Hall–Kier alpha value is -1.64. The number of fused-ring (bicyclic) bond motifs is 1. The summed E-state index contributed by atoms with van der Waals surface area (Å²) in [5, 5.41) is 0. The summed E-state index contributed by atoms with van der Waals surface area (Å²) in [6.45, 7) is 1.36. The predicted octanol–water partition coefficient (Wildman–Crippen LogP) is 0.466. The molecule has 7 nitrogen and oxygen atoms in total. The summed E-state index contributed by atoms with van der Waals surface area (Å²) in [6.07, 6.45) is 0.429. The van der Waals surface area contributed by atoms with Crippen LogP contribution in [0.4, 0.5) is 5.69 Å². The molecular weight excluding hydrogens is 296 g/mol. The van der Waals surface area contributed by atoms with Crippen molar-refractivity contribution in [2.24, 2.45) is 0 Å². The van der Waals surface area contributed by atoms with Crippen molar-refractivity contribution in [3.8, 4) is 0 Å². The molecule has 0 radical (unpaired) electrons. The van der Waals surface area contributed by atoms with Crippen LogP contribution in [0.3, 0.4) is 0 Å². The average molecular weight is 314 g/mol. The van der Waals surface area contributed by atoms with Gasteiger partial charge < -0.3 is 15.2 Å². The van der Waals surface area contributed by atoms with E-state index in [9.17, 15) is 13.2 Å². The van der Waals surface area contributed by atoms with Gasteiger partial charge in [-0.3, -0.25) is 4.79 Å². The number of methoxy groups -OCH3 is 1. The van der Waals surface area contributed by atoms with Gasteiger partial charge in [0.25, 0.3) is 15.9 Å². The first-order valence-corrected chi connectivity index (χ1v) is 7.96. The summed E-state index contributed by atoms with van der Waals surface area (Å²) in [7, 11) is -2.19. The van der Waals surface area contributed by atoms with Crippen LogP contribution in [0.25, 0.3) is 0 Å². The summed E-state index contributed by atoms with van der Waals surface area (Å²) >= 11 is 0. The molecular formula is C13H18N2O5S. The molecule has 0 bridgehead atoms. The van der Waals surface area contributed by atoms with E-state index >= 15 is 0 Å². The van der Waals surface area contributed by atoms with E-state index < -0.39 is 15.9 Å². The molecule has 1 aliphatic heterocycles. The van der Waals surface area contributed by atoms with Crippen LogP contribution < -0.4 is 5.73 Å². The van der Waals surface area contributed by atoms with Crippen LogP contribution in [-0.4, -0.2) is 52.1 Å². The Morgan fingerprint density at radius 3 is 2.71 bits per heavy atom. The van der Waals surface area contributed by atoms with Gasteiger partial charge in [-0.2, -0.15) is 0 Å². The minimum absolute atomic E-state index is 0.0157. The second kappa shape index (κ2) is 6.42. The van der Waals surface area contributed by atoms with Crippen molar-refractivity contribution in [2.45, 2.75) is 11.3 Å². The van der Waals surface area contributed by atoms with Crippen molar-refractivity contribution in [1.29, 1.82) is 0 Å². The zero-order valence-electron chi connectivity index (χ0n) is 11.7. The second-order valence-electron chi connectivity index (χ2n) is 4.60. The number of carbonyl (C=O) groups excluding carboxylic acids is 1. The lowest BCUT2D eigenvalue weighted by Gasteiger charge is -2.14. The minimum Gasteiger partial charge on any atom is -0.399 e. The van der Waals surface area contributed by atoms with E-state index in [0.29, 0.717) is 31.9 Å². The average Bonchev–Trinajstić information content (AvgIpc) is 2.62. The Kier molecular flexibility index (Phi) is 4.81. The van der Waals surface area contributed by atoms with Crippen molar-refractivity contribution in [1.82, 2.24) is 4.31 Å². The predicted molar refractivity (Wildman–Crippen MR) is 76.4 cm³/mol. The summed E-state index contributed by atoms with van der Waals surface area (Å²) in [4.78, 5) is 12.2. The fraction of sp³-hybridized carbons (Fsp3) is 0.462. The Bertz CT molecular complexity index is 629. The lowest BCUT2D eigenvalue weighted by atomic mass is 10.2. The Labute approximate surface area is 123 Å². The molecule has 0 saturated heterocycles. The number of nitrogens with two attached hydrogens (primary N) is 1. The molecule has 0 spiro atoms. The van der Waals surface area contributed by atoms with Crippen LogP contribution in [0.5, 0.6) is 0 Å². The molecule has 116 valence electrons. The maximum Gasteiger partial charge on any atom is 0.269 e. The van der Waals surface area contributed by atoms with Crippen LogP contribution in [0, 0.1) is 0 Å². The molecule has 0 aromatic heterocycles. The molecule has 8 heteroatoms. The number of anilines is 1. The number of carbonyl (C=O) groups is 1. The van der Waals surface area contributed by atoms with Gasteiger partial charge in [-0.15, -0.1) is 0 Å². The number of rotatable bonds is 7. The minimum atomic E-state index is -3.76. The van der Waals surface area contributed by atoms with E-state index in [1.165, 1.54) is 18.2 Å². The maximum absolute atomic E-state index is 12.3. The Balaban J connectivity index is 2.01. The van der Waals surface area contributed by atoms with E-state index in [1.54, 1.807) is 7.11 Å². The summed E-state index contributed by atoms with van der Waals surface area (Å²) < 4.78 is 35.5. The molecule has 1 heterocycles. The van der Waals surface area contributed by atoms with Crippen LogP contribution in [0.15, 0.2) is 23.1 Å². The molecule has 0 atom stereocenters. The van der Waals surface area contributed by atoms with Gasteiger partial charge in [0.05, 0.1) is 18.8 Å². The molecule has 2 rings (SSSR count). The van der Waals surface area contributed by atoms with Gasteiger partial charge in [0, 0.05) is 25.9 Å². The number of benzene rings is 1. The maximum atomic E-state index is 12.3. The highest BCUT2D eigenvalue weighted by molar-refractivity contribution is 7.90. The quantitative estimate of drug-likeness (QED) is 0.580. The summed E-state index contributed by atoms with van der Waals surface area (Å²) in [5.74, 6) is -0.533. The van der Waals surface area contributed by atoms with Crippen LogP contribution in [-0.2, 0) is 19.5 Å². The van der Waals surface area contributed by atoms with Gasteiger partial charge in [-0.05, 0) is 24.6 Å². The molecule has 0 aliphatic carbocycles. The first-order valence-electron chi connectivity index (χ1n) is 6.51. The molecule has 0 saturated carbocycles. The number of hydrogen-bond acceptors (Lipinski definition) is 6. The SMILES string of the molecule is COCCOCCCN1C(=O)c2cc(N)ccc2S1(=O)=O. The number of hydrogen-bond donors (Lipinski definition) is 1. The Morgan fingerprint density at radius 2 is 2.00 bits per heavy atom. The van der Waals surface area contributed by atoms with E-state index in [0.717, 1.165) is 4.31 Å². The zero-order valence-corrected chi connectivity index (χ0v) is 12.6. The fourth-order valence-electron chi connectivity index (χ4n) is 2.08. The normalized spacial score (nSPS) is 16.2. The van der Waals surface area contributed by atoms with Crippen LogP contribution in [0.1, 0.15) is 16.8 Å². The van der Waals surface area contributed by atoms with Gasteiger partial charge in [0.15, 0.2) is 0 Å². The lowest BCUT2D eigenvalue weighted by Crippen LogP contribution is -2.31. The highest BCUT2D eigenvalue weighted by Gasteiger charge is 2.40. The van der Waals surface area contributed by atoms with E-state index in [-0.39, 0.29) is 17.0 Å². The largest absolute Gasteiger partial charge is 0.399 e. The number of amides is 1. The highest BCUT2D eigenvalue weighted by atomic mass is 32.2. The van der Waals surface area contributed by atoms with Crippen LogP contribution >= 0.6 is 0 Å². The van der Waals surface area contributed by atoms with Crippen molar-refractivity contribution in [3.63, 3.8) is 0 Å². The number of nitrogens with zero attached hydrogens (tertiary/aromatic N) is 1.